The smallest absolute Gasteiger partial charge is 0.107 e. The van der Waals surface area contributed by atoms with Gasteiger partial charge < -0.3 is 4.42 Å². The summed E-state index contributed by atoms with van der Waals surface area (Å²) in [6.07, 6.45) is 4.05. The molecule has 4 aromatic rings. The second-order valence-electron chi connectivity index (χ2n) is 7.80. The van der Waals surface area contributed by atoms with Gasteiger partial charge in [0.2, 0.25) is 0 Å². The lowest BCUT2D eigenvalue weighted by Gasteiger charge is -2.40. The Kier molecular flexibility index (Phi) is 3.09. The van der Waals surface area contributed by atoms with Crippen LogP contribution in [0.4, 0.5) is 0 Å². The zero-order chi connectivity index (χ0) is 17.0. The third kappa shape index (κ3) is 2.08. The molecule has 0 N–H and O–H groups in total. The van der Waals surface area contributed by atoms with Gasteiger partial charge in [-0.15, -0.1) is 0 Å². The maximum absolute atomic E-state index is 5.77. The minimum Gasteiger partial charge on any atom is -0.469 e. The monoisotopic (exact) mass is 326 g/mol. The van der Waals surface area contributed by atoms with Crippen LogP contribution in [0.2, 0.25) is 0 Å². The molecular weight excluding hydrogens is 304 g/mol. The first-order valence-electron chi connectivity index (χ1n) is 9.13. The minimum atomic E-state index is 0.0747. The summed E-state index contributed by atoms with van der Waals surface area (Å²) in [7, 11) is 0. The van der Waals surface area contributed by atoms with E-state index >= 15 is 0 Å². The number of hydrogen-bond acceptors (Lipinski definition) is 1. The van der Waals surface area contributed by atoms with E-state index in [1.165, 1.54) is 32.7 Å². The van der Waals surface area contributed by atoms with Crippen LogP contribution in [0.3, 0.4) is 0 Å². The van der Waals surface area contributed by atoms with Crippen molar-refractivity contribution in [3.63, 3.8) is 0 Å². The van der Waals surface area contributed by atoms with Crippen molar-refractivity contribution in [2.45, 2.75) is 38.0 Å². The molecule has 5 rings (SSSR count). The van der Waals surface area contributed by atoms with Gasteiger partial charge in [-0.2, -0.15) is 0 Å². The molecule has 1 atom stereocenters. The van der Waals surface area contributed by atoms with Crippen LogP contribution in [0.1, 0.15) is 43.1 Å². The number of furan rings is 1. The Morgan fingerprint density at radius 1 is 0.840 bits per heavy atom. The lowest BCUT2D eigenvalue weighted by atomic mass is 9.64. The number of hydrogen-bond donors (Lipinski definition) is 0. The second-order valence-corrected chi connectivity index (χ2v) is 7.80. The van der Waals surface area contributed by atoms with Gasteiger partial charge in [-0.25, -0.2) is 0 Å². The number of aryl methyl sites for hydroxylation is 1. The fourth-order valence-electron chi connectivity index (χ4n) is 4.85. The summed E-state index contributed by atoms with van der Waals surface area (Å²) in [5.41, 5.74) is 3.07. The summed E-state index contributed by atoms with van der Waals surface area (Å²) < 4.78 is 5.77. The Bertz CT molecular complexity index is 1070. The Balaban J connectivity index is 1.75. The standard InChI is InChI=1S/C24H22O/c1-24(2)21-13-11-18-17-7-4-3-6-16(17)9-10-19(18)20(21)12-14-22(24)23-8-5-15-25-23/h3-11,13,15,22H,12,14H2,1-2H3. The number of benzene rings is 3. The molecule has 1 aromatic heterocycles. The topological polar surface area (TPSA) is 13.1 Å². The average molecular weight is 326 g/mol. The van der Waals surface area contributed by atoms with E-state index in [0.29, 0.717) is 5.92 Å². The van der Waals surface area contributed by atoms with Crippen molar-refractivity contribution in [2.75, 3.05) is 0 Å². The molecule has 0 spiro atoms. The predicted molar refractivity (Wildman–Crippen MR) is 104 cm³/mol. The first-order valence-corrected chi connectivity index (χ1v) is 9.13. The van der Waals surface area contributed by atoms with E-state index in [0.717, 1.165) is 18.6 Å². The Labute approximate surface area is 148 Å². The third-order valence-electron chi connectivity index (χ3n) is 6.17. The Hall–Kier alpha value is -2.54. The van der Waals surface area contributed by atoms with Crippen LogP contribution in [0.15, 0.2) is 71.3 Å². The van der Waals surface area contributed by atoms with Crippen LogP contribution >= 0.6 is 0 Å². The van der Waals surface area contributed by atoms with Gasteiger partial charge in [0.05, 0.1) is 6.26 Å². The maximum atomic E-state index is 5.77. The molecule has 124 valence electrons. The van der Waals surface area contributed by atoms with Gasteiger partial charge in [0.15, 0.2) is 0 Å². The maximum Gasteiger partial charge on any atom is 0.107 e. The van der Waals surface area contributed by atoms with Crippen molar-refractivity contribution in [2.24, 2.45) is 0 Å². The molecule has 1 aliphatic rings. The van der Waals surface area contributed by atoms with Crippen LogP contribution in [0.5, 0.6) is 0 Å². The van der Waals surface area contributed by atoms with Gasteiger partial charge in [-0.05, 0) is 63.1 Å². The summed E-state index contributed by atoms with van der Waals surface area (Å²) in [6.45, 7) is 4.73. The lowest BCUT2D eigenvalue weighted by Crippen LogP contribution is -2.32. The summed E-state index contributed by atoms with van der Waals surface area (Å²) in [5.74, 6) is 1.56. The van der Waals surface area contributed by atoms with Gasteiger partial charge in [-0.1, -0.05) is 62.4 Å². The molecule has 0 amide bonds. The first kappa shape index (κ1) is 14.8. The van der Waals surface area contributed by atoms with E-state index in [-0.39, 0.29) is 5.41 Å². The zero-order valence-electron chi connectivity index (χ0n) is 14.8. The third-order valence-corrected chi connectivity index (χ3v) is 6.17. The highest BCUT2D eigenvalue weighted by molar-refractivity contribution is 6.08. The van der Waals surface area contributed by atoms with Crippen LogP contribution in [0, 0.1) is 0 Å². The van der Waals surface area contributed by atoms with E-state index in [4.69, 9.17) is 4.42 Å². The van der Waals surface area contributed by atoms with Crippen LogP contribution in [0.25, 0.3) is 21.5 Å². The fraction of sp³-hybridized carbons (Fsp3) is 0.250. The summed E-state index contributed by atoms with van der Waals surface area (Å²) in [6, 6.07) is 22.1. The number of rotatable bonds is 1. The molecule has 25 heavy (non-hydrogen) atoms. The fourth-order valence-corrected chi connectivity index (χ4v) is 4.85. The highest BCUT2D eigenvalue weighted by Gasteiger charge is 2.39. The Morgan fingerprint density at radius 3 is 2.52 bits per heavy atom. The SMILES string of the molecule is CC1(C)c2ccc3c(ccc4ccccc43)c2CCC1c1ccco1. The van der Waals surface area contributed by atoms with Crippen LogP contribution in [-0.2, 0) is 11.8 Å². The molecular formula is C24H22O. The molecule has 1 heteroatoms. The van der Waals surface area contributed by atoms with Crippen molar-refractivity contribution < 1.29 is 4.42 Å². The first-order chi connectivity index (χ1) is 12.2. The van der Waals surface area contributed by atoms with Crippen molar-refractivity contribution in [3.05, 3.63) is 83.8 Å². The van der Waals surface area contributed by atoms with E-state index in [1.807, 2.05) is 6.07 Å². The molecule has 0 saturated carbocycles. The molecule has 0 bridgehead atoms. The zero-order valence-corrected chi connectivity index (χ0v) is 14.8. The molecule has 0 radical (unpaired) electrons. The highest BCUT2D eigenvalue weighted by Crippen LogP contribution is 2.48. The van der Waals surface area contributed by atoms with E-state index in [2.05, 4.69) is 68.4 Å². The molecule has 3 aromatic carbocycles. The van der Waals surface area contributed by atoms with Gasteiger partial charge in [0.25, 0.3) is 0 Å². The van der Waals surface area contributed by atoms with E-state index in [1.54, 1.807) is 6.26 Å². The predicted octanol–water partition coefficient (Wildman–Crippen LogP) is 6.59. The quantitative estimate of drug-likeness (QED) is 0.359. The van der Waals surface area contributed by atoms with Crippen LogP contribution < -0.4 is 0 Å². The molecule has 1 unspecified atom stereocenters. The summed E-state index contributed by atoms with van der Waals surface area (Å²) in [5, 5.41) is 5.47. The van der Waals surface area contributed by atoms with Gasteiger partial charge in [-0.3, -0.25) is 0 Å². The molecule has 1 nitrogen and oxygen atoms in total. The minimum absolute atomic E-state index is 0.0747. The Morgan fingerprint density at radius 2 is 1.68 bits per heavy atom. The average Bonchev–Trinajstić information content (AvgIpc) is 3.15. The molecule has 0 saturated heterocycles. The van der Waals surface area contributed by atoms with Crippen molar-refractivity contribution in [3.8, 4) is 0 Å². The lowest BCUT2D eigenvalue weighted by molar-refractivity contribution is 0.313. The second kappa shape index (κ2) is 5.23. The van der Waals surface area contributed by atoms with Gasteiger partial charge in [0.1, 0.15) is 5.76 Å². The van der Waals surface area contributed by atoms with E-state index < -0.39 is 0 Å². The normalized spacial score (nSPS) is 19.2. The van der Waals surface area contributed by atoms with Crippen molar-refractivity contribution in [1.29, 1.82) is 0 Å². The van der Waals surface area contributed by atoms with Gasteiger partial charge in [0, 0.05) is 5.92 Å². The summed E-state index contributed by atoms with van der Waals surface area (Å²) in [4.78, 5) is 0. The van der Waals surface area contributed by atoms with Crippen LogP contribution in [-0.4, -0.2) is 0 Å². The molecule has 1 aliphatic carbocycles. The molecule has 0 aliphatic heterocycles. The van der Waals surface area contributed by atoms with Crippen molar-refractivity contribution >= 4 is 21.5 Å². The largest absolute Gasteiger partial charge is 0.469 e. The molecule has 1 heterocycles. The van der Waals surface area contributed by atoms with E-state index in [9.17, 15) is 0 Å². The van der Waals surface area contributed by atoms with Crippen molar-refractivity contribution in [1.82, 2.24) is 0 Å². The van der Waals surface area contributed by atoms with Gasteiger partial charge >= 0.3 is 0 Å². The summed E-state index contributed by atoms with van der Waals surface area (Å²) >= 11 is 0. The molecule has 0 fully saturated rings. The number of fused-ring (bicyclic) bond motifs is 5. The highest BCUT2D eigenvalue weighted by atomic mass is 16.3.